The molecular formula is C13H17BrN2O3. The highest BCUT2D eigenvalue weighted by Gasteiger charge is 2.05. The Morgan fingerprint density at radius 1 is 1.63 bits per heavy atom. The van der Waals surface area contributed by atoms with E-state index in [1.54, 1.807) is 19.3 Å². The minimum absolute atomic E-state index is 0.393. The van der Waals surface area contributed by atoms with E-state index in [1.807, 2.05) is 0 Å². The van der Waals surface area contributed by atoms with Crippen LogP contribution in [-0.4, -0.2) is 16.2 Å². The first-order valence-corrected chi connectivity index (χ1v) is 6.73. The number of pyridine rings is 1. The molecule has 0 saturated carbocycles. The fraction of sp³-hybridized carbons (Fsp3) is 0.385. The van der Waals surface area contributed by atoms with Crippen molar-refractivity contribution in [3.05, 3.63) is 40.1 Å². The molecule has 0 amide bonds. The minimum Gasteiger partial charge on any atom is -0.502 e. The van der Waals surface area contributed by atoms with Crippen LogP contribution in [0.4, 0.5) is 0 Å². The van der Waals surface area contributed by atoms with E-state index >= 15 is 0 Å². The van der Waals surface area contributed by atoms with Crippen LogP contribution in [0, 0.1) is 0 Å². The normalized spacial score (nSPS) is 9.84. The monoisotopic (exact) mass is 328 g/mol. The zero-order valence-electron chi connectivity index (χ0n) is 11.1. The summed E-state index contributed by atoms with van der Waals surface area (Å²) in [6.45, 7) is 6.36. The molecule has 0 unspecified atom stereocenters. The second-order valence-electron chi connectivity index (χ2n) is 3.79. The van der Waals surface area contributed by atoms with E-state index in [2.05, 4.69) is 34.4 Å². The topological polar surface area (TPSA) is 57.3 Å². The van der Waals surface area contributed by atoms with E-state index < -0.39 is 5.76 Å². The van der Waals surface area contributed by atoms with Gasteiger partial charge < -0.3 is 9.15 Å². The van der Waals surface area contributed by atoms with Crippen LogP contribution >= 0.6 is 15.9 Å². The highest BCUT2D eigenvalue weighted by Crippen LogP contribution is 2.14. The van der Waals surface area contributed by atoms with Gasteiger partial charge in [0, 0.05) is 23.8 Å². The Labute approximate surface area is 120 Å². The summed E-state index contributed by atoms with van der Waals surface area (Å²) in [5.74, 6) is -0.393. The fourth-order valence-electron chi connectivity index (χ4n) is 1.30. The molecule has 0 saturated heterocycles. The number of unbranched alkanes of at least 4 members (excludes halogenated alkanes) is 1. The van der Waals surface area contributed by atoms with Crippen molar-refractivity contribution in [3.8, 4) is 0 Å². The fourth-order valence-corrected chi connectivity index (χ4v) is 1.61. The maximum Gasteiger partial charge on any atom is 0.420 e. The van der Waals surface area contributed by atoms with Crippen LogP contribution in [0.15, 0.2) is 38.8 Å². The van der Waals surface area contributed by atoms with Crippen LogP contribution < -0.4 is 5.76 Å². The Balaban J connectivity index is 0.000000224. The number of fused-ring (bicyclic) bond motifs is 1. The third kappa shape index (κ3) is 4.55. The van der Waals surface area contributed by atoms with Crippen molar-refractivity contribution < 1.29 is 9.15 Å². The van der Waals surface area contributed by atoms with Gasteiger partial charge in [0.1, 0.15) is 0 Å². The van der Waals surface area contributed by atoms with Crippen molar-refractivity contribution in [1.82, 2.24) is 9.55 Å². The quantitative estimate of drug-likeness (QED) is 0.638. The van der Waals surface area contributed by atoms with E-state index in [1.165, 1.54) is 17.3 Å². The molecule has 0 radical (unpaired) electrons. The lowest BCUT2D eigenvalue weighted by Gasteiger charge is -1.93. The maximum atomic E-state index is 11.0. The third-order valence-electron chi connectivity index (χ3n) is 2.32. The minimum atomic E-state index is -0.393. The van der Waals surface area contributed by atoms with Gasteiger partial charge in [-0.2, -0.15) is 0 Å². The highest BCUT2D eigenvalue weighted by atomic mass is 79.9. The van der Waals surface area contributed by atoms with Gasteiger partial charge in [-0.25, -0.2) is 9.78 Å². The zero-order chi connectivity index (χ0) is 14.3. The van der Waals surface area contributed by atoms with Crippen LogP contribution in [0.5, 0.6) is 0 Å². The van der Waals surface area contributed by atoms with Gasteiger partial charge >= 0.3 is 5.76 Å². The van der Waals surface area contributed by atoms with Gasteiger partial charge in [-0.1, -0.05) is 19.9 Å². The number of halogens is 1. The molecule has 2 rings (SSSR count). The molecule has 6 heteroatoms. The highest BCUT2D eigenvalue weighted by molar-refractivity contribution is 9.10. The molecule has 0 N–H and O–H groups in total. The number of nitrogens with zero attached hydrogens (tertiary/aromatic N) is 2. The van der Waals surface area contributed by atoms with Crippen LogP contribution in [-0.2, 0) is 11.8 Å². The van der Waals surface area contributed by atoms with E-state index in [9.17, 15) is 4.79 Å². The lowest BCUT2D eigenvalue weighted by Crippen LogP contribution is -2.08. The summed E-state index contributed by atoms with van der Waals surface area (Å²) in [6.07, 6.45) is 5.42. The van der Waals surface area contributed by atoms with Crippen LogP contribution in [0.2, 0.25) is 0 Å². The Morgan fingerprint density at radius 3 is 3.00 bits per heavy atom. The Bertz CT molecular complexity index is 589. The Morgan fingerprint density at radius 2 is 2.37 bits per heavy atom. The van der Waals surface area contributed by atoms with Gasteiger partial charge in [-0.3, -0.25) is 4.57 Å². The van der Waals surface area contributed by atoms with Crippen molar-refractivity contribution in [2.24, 2.45) is 7.05 Å². The predicted molar refractivity (Wildman–Crippen MR) is 78.0 cm³/mol. The summed E-state index contributed by atoms with van der Waals surface area (Å²) in [6, 6.07) is 1.71. The Kier molecular flexibility index (Phi) is 6.35. The number of ether oxygens (including phenoxy) is 1. The molecule has 0 aliphatic heterocycles. The van der Waals surface area contributed by atoms with Crippen molar-refractivity contribution in [3.63, 3.8) is 0 Å². The largest absolute Gasteiger partial charge is 0.502 e. The average Bonchev–Trinajstić information content (AvgIpc) is 2.66. The second kappa shape index (κ2) is 7.78. The summed E-state index contributed by atoms with van der Waals surface area (Å²) in [5, 5.41) is 0. The molecule has 0 fully saturated rings. The first-order chi connectivity index (χ1) is 9.10. The summed E-state index contributed by atoms with van der Waals surface area (Å²) in [4.78, 5) is 15.0. The molecule has 2 heterocycles. The van der Waals surface area contributed by atoms with Crippen molar-refractivity contribution in [2.45, 2.75) is 19.8 Å². The van der Waals surface area contributed by atoms with Crippen LogP contribution in [0.1, 0.15) is 19.8 Å². The van der Waals surface area contributed by atoms with E-state index in [-0.39, 0.29) is 0 Å². The molecule has 0 aliphatic rings. The molecule has 0 bridgehead atoms. The first-order valence-electron chi connectivity index (χ1n) is 5.93. The van der Waals surface area contributed by atoms with Gasteiger partial charge in [0.25, 0.3) is 0 Å². The first kappa shape index (κ1) is 15.5. The molecule has 5 nitrogen and oxygen atoms in total. The standard InChI is InChI=1S/C7H5BrN2O2.C6H12O/c1-10-6-5(12-7(10)11)2-4(8)3-9-6;1-3-5-6-7-4-2/h2-3H,1H3;4H,2-3,5-6H2,1H3. The molecule has 2 aromatic heterocycles. The number of rotatable bonds is 4. The summed E-state index contributed by atoms with van der Waals surface area (Å²) < 4.78 is 11.9. The van der Waals surface area contributed by atoms with Gasteiger partial charge in [-0.05, 0) is 22.4 Å². The van der Waals surface area contributed by atoms with Crippen molar-refractivity contribution in [1.29, 1.82) is 0 Å². The summed E-state index contributed by atoms with van der Waals surface area (Å²) >= 11 is 3.23. The SMILES string of the molecule is C=COCCCC.Cn1c(=O)oc2cc(Br)cnc21. The third-order valence-corrected chi connectivity index (χ3v) is 2.76. The lowest BCUT2D eigenvalue weighted by molar-refractivity contribution is 0.245. The van der Waals surface area contributed by atoms with Crippen LogP contribution in [0.25, 0.3) is 11.2 Å². The number of aromatic nitrogens is 2. The second-order valence-corrected chi connectivity index (χ2v) is 4.71. The molecule has 104 valence electrons. The molecular weight excluding hydrogens is 312 g/mol. The van der Waals surface area contributed by atoms with Gasteiger partial charge in [0.05, 0.1) is 12.9 Å². The number of hydrogen-bond acceptors (Lipinski definition) is 4. The molecule has 0 spiro atoms. The van der Waals surface area contributed by atoms with Crippen molar-refractivity contribution >= 4 is 27.2 Å². The van der Waals surface area contributed by atoms with Gasteiger partial charge in [0.15, 0.2) is 11.2 Å². The smallest absolute Gasteiger partial charge is 0.420 e. The van der Waals surface area contributed by atoms with E-state index in [0.29, 0.717) is 11.2 Å². The average molecular weight is 329 g/mol. The van der Waals surface area contributed by atoms with Crippen LogP contribution in [0.3, 0.4) is 0 Å². The van der Waals surface area contributed by atoms with Gasteiger partial charge in [-0.15, -0.1) is 0 Å². The zero-order valence-corrected chi connectivity index (χ0v) is 12.6. The van der Waals surface area contributed by atoms with E-state index in [4.69, 9.17) is 9.15 Å². The molecule has 2 aromatic rings. The van der Waals surface area contributed by atoms with Crippen molar-refractivity contribution in [2.75, 3.05) is 6.61 Å². The Hall–Kier alpha value is -1.56. The molecule has 0 aromatic carbocycles. The molecule has 19 heavy (non-hydrogen) atoms. The predicted octanol–water partition coefficient (Wildman–Crippen LogP) is 3.24. The summed E-state index contributed by atoms with van der Waals surface area (Å²) in [5.41, 5.74) is 1.06. The lowest BCUT2D eigenvalue weighted by atomic mass is 10.4. The number of oxazole rings is 1. The number of aryl methyl sites for hydroxylation is 1. The van der Waals surface area contributed by atoms with E-state index in [0.717, 1.165) is 17.5 Å². The summed E-state index contributed by atoms with van der Waals surface area (Å²) in [7, 11) is 1.62. The van der Waals surface area contributed by atoms with Gasteiger partial charge in [0.2, 0.25) is 0 Å². The maximum absolute atomic E-state index is 11.0. The molecule has 0 atom stereocenters. The molecule has 0 aliphatic carbocycles. The number of hydrogen-bond donors (Lipinski definition) is 0.